The fourth-order valence-electron chi connectivity index (χ4n) is 3.83. The summed E-state index contributed by atoms with van der Waals surface area (Å²) < 4.78 is 0. The van der Waals surface area contributed by atoms with Gasteiger partial charge in [0.05, 0.1) is 12.2 Å². The minimum Gasteiger partial charge on any atom is -0.393 e. The number of allylic oxidation sites excluding steroid dienone is 1. The Morgan fingerprint density at radius 2 is 1.94 bits per heavy atom. The maximum absolute atomic E-state index is 10.2. The monoisotopic (exact) mass is 236 g/mol. The molecule has 0 aliphatic heterocycles. The molecule has 2 unspecified atom stereocenters. The average Bonchev–Trinajstić information content (AvgIpc) is 2.30. The highest BCUT2D eigenvalue weighted by atomic mass is 16.3. The van der Waals surface area contributed by atoms with Gasteiger partial charge in [0.1, 0.15) is 0 Å². The van der Waals surface area contributed by atoms with E-state index in [0.717, 1.165) is 18.4 Å². The van der Waals surface area contributed by atoms with Gasteiger partial charge in [-0.2, -0.15) is 0 Å². The van der Waals surface area contributed by atoms with Gasteiger partial charge in [-0.15, -0.1) is 0 Å². The number of aliphatic hydroxyl groups excluding tert-OH is 2. The predicted octanol–water partition coefficient (Wildman–Crippen LogP) is 2.67. The second-order valence-electron chi connectivity index (χ2n) is 6.34. The molecule has 2 aliphatic carbocycles. The lowest BCUT2D eigenvalue weighted by Crippen LogP contribution is -2.45. The standard InChI is InChI=1S/C15H24O2/c1-9-7-11(16)8-10(2)14-12(9)5-6-13(17)15(14,3)4/h8,11-14,16-17H,1,5-7H2,2-4H3/t11-,12?,13-,14?/m1/s1. The first kappa shape index (κ1) is 12.8. The van der Waals surface area contributed by atoms with Gasteiger partial charge in [-0.3, -0.25) is 0 Å². The highest BCUT2D eigenvalue weighted by Crippen LogP contribution is 2.51. The molecule has 96 valence electrons. The van der Waals surface area contributed by atoms with Gasteiger partial charge < -0.3 is 10.2 Å². The Morgan fingerprint density at radius 1 is 1.29 bits per heavy atom. The molecule has 0 amide bonds. The maximum atomic E-state index is 10.2. The fraction of sp³-hybridized carbons (Fsp3) is 0.733. The summed E-state index contributed by atoms with van der Waals surface area (Å²) in [6.45, 7) is 10.5. The number of hydrogen-bond acceptors (Lipinski definition) is 2. The molecule has 0 radical (unpaired) electrons. The Morgan fingerprint density at radius 3 is 2.59 bits per heavy atom. The van der Waals surface area contributed by atoms with Crippen molar-refractivity contribution in [3.8, 4) is 0 Å². The van der Waals surface area contributed by atoms with Gasteiger partial charge >= 0.3 is 0 Å². The third-order valence-electron chi connectivity index (χ3n) is 4.76. The molecule has 0 aromatic carbocycles. The zero-order chi connectivity index (χ0) is 12.8. The van der Waals surface area contributed by atoms with E-state index in [9.17, 15) is 10.2 Å². The van der Waals surface area contributed by atoms with Crippen LogP contribution in [-0.4, -0.2) is 22.4 Å². The highest BCUT2D eigenvalue weighted by molar-refractivity contribution is 5.24. The first-order valence-corrected chi connectivity index (χ1v) is 6.56. The van der Waals surface area contributed by atoms with Crippen LogP contribution in [0.5, 0.6) is 0 Å². The summed E-state index contributed by atoms with van der Waals surface area (Å²) in [5.41, 5.74) is 2.23. The lowest BCUT2D eigenvalue weighted by Gasteiger charge is -2.48. The maximum Gasteiger partial charge on any atom is 0.0760 e. The SMILES string of the molecule is C=C1C[C@@H](O)C=C(C)C2C1CC[C@@H](O)C2(C)C. The van der Waals surface area contributed by atoms with Crippen molar-refractivity contribution in [3.05, 3.63) is 23.8 Å². The smallest absolute Gasteiger partial charge is 0.0760 e. The molecule has 0 spiro atoms. The zero-order valence-corrected chi connectivity index (χ0v) is 11.1. The summed E-state index contributed by atoms with van der Waals surface area (Å²) in [6, 6.07) is 0. The summed E-state index contributed by atoms with van der Waals surface area (Å²) in [5, 5.41) is 20.1. The van der Waals surface area contributed by atoms with Crippen LogP contribution < -0.4 is 0 Å². The summed E-state index contributed by atoms with van der Waals surface area (Å²) in [4.78, 5) is 0. The van der Waals surface area contributed by atoms with Crippen molar-refractivity contribution in [1.29, 1.82) is 0 Å². The van der Waals surface area contributed by atoms with E-state index >= 15 is 0 Å². The van der Waals surface area contributed by atoms with Crippen LogP contribution >= 0.6 is 0 Å². The van der Waals surface area contributed by atoms with Gasteiger partial charge in [0.15, 0.2) is 0 Å². The first-order chi connectivity index (χ1) is 7.84. The minimum absolute atomic E-state index is 0.128. The van der Waals surface area contributed by atoms with Crippen LogP contribution in [0, 0.1) is 17.3 Å². The normalized spacial score (nSPS) is 41.5. The van der Waals surface area contributed by atoms with E-state index in [-0.39, 0.29) is 11.5 Å². The molecular weight excluding hydrogens is 212 g/mol. The van der Waals surface area contributed by atoms with Crippen LogP contribution in [0.3, 0.4) is 0 Å². The van der Waals surface area contributed by atoms with E-state index in [1.165, 1.54) is 5.57 Å². The van der Waals surface area contributed by atoms with Gasteiger partial charge in [0.2, 0.25) is 0 Å². The lowest BCUT2D eigenvalue weighted by atomic mass is 9.58. The second-order valence-corrected chi connectivity index (χ2v) is 6.34. The first-order valence-electron chi connectivity index (χ1n) is 6.56. The molecule has 4 atom stereocenters. The Balaban J connectivity index is 2.42. The number of hydrogen-bond donors (Lipinski definition) is 2. The molecular formula is C15H24O2. The van der Waals surface area contributed by atoms with E-state index in [1.807, 2.05) is 6.08 Å². The van der Waals surface area contributed by atoms with Crippen LogP contribution in [0.25, 0.3) is 0 Å². The molecule has 1 saturated carbocycles. The van der Waals surface area contributed by atoms with Gasteiger partial charge in [-0.25, -0.2) is 0 Å². The molecule has 2 N–H and O–H groups in total. The van der Waals surface area contributed by atoms with Crippen LogP contribution in [0.1, 0.15) is 40.0 Å². The van der Waals surface area contributed by atoms with Gasteiger partial charge in [-0.1, -0.05) is 37.6 Å². The summed E-state index contributed by atoms with van der Waals surface area (Å²) >= 11 is 0. The molecule has 0 aromatic heterocycles. The van der Waals surface area contributed by atoms with Crippen molar-refractivity contribution in [1.82, 2.24) is 0 Å². The second kappa shape index (κ2) is 4.25. The van der Waals surface area contributed by atoms with Gasteiger partial charge in [0.25, 0.3) is 0 Å². The zero-order valence-electron chi connectivity index (χ0n) is 11.1. The molecule has 17 heavy (non-hydrogen) atoms. The highest BCUT2D eigenvalue weighted by Gasteiger charge is 2.47. The van der Waals surface area contributed by atoms with Crippen LogP contribution in [0.2, 0.25) is 0 Å². The van der Waals surface area contributed by atoms with E-state index in [2.05, 4.69) is 27.4 Å². The van der Waals surface area contributed by atoms with Crippen molar-refractivity contribution < 1.29 is 10.2 Å². The molecule has 0 heterocycles. The molecule has 0 bridgehead atoms. The Labute approximate surface area is 104 Å². The van der Waals surface area contributed by atoms with Crippen molar-refractivity contribution in [2.24, 2.45) is 17.3 Å². The molecule has 2 heteroatoms. The Hall–Kier alpha value is -0.600. The number of rotatable bonds is 0. The Kier molecular flexibility index (Phi) is 3.21. The van der Waals surface area contributed by atoms with Crippen LogP contribution in [0.15, 0.2) is 23.8 Å². The molecule has 2 nitrogen and oxygen atoms in total. The van der Waals surface area contributed by atoms with Gasteiger partial charge in [0, 0.05) is 0 Å². The van der Waals surface area contributed by atoms with Crippen molar-refractivity contribution in [3.63, 3.8) is 0 Å². The van der Waals surface area contributed by atoms with E-state index in [1.54, 1.807) is 0 Å². The topological polar surface area (TPSA) is 40.5 Å². The molecule has 1 fully saturated rings. The fourth-order valence-corrected chi connectivity index (χ4v) is 3.83. The van der Waals surface area contributed by atoms with Crippen LogP contribution in [0.4, 0.5) is 0 Å². The average molecular weight is 236 g/mol. The van der Waals surface area contributed by atoms with E-state index in [0.29, 0.717) is 18.3 Å². The Bertz CT molecular complexity index is 354. The minimum atomic E-state index is -0.402. The summed E-state index contributed by atoms with van der Waals surface area (Å²) in [6.07, 6.45) is 3.80. The van der Waals surface area contributed by atoms with E-state index in [4.69, 9.17) is 0 Å². The predicted molar refractivity (Wildman–Crippen MR) is 69.5 cm³/mol. The van der Waals surface area contributed by atoms with Gasteiger partial charge in [-0.05, 0) is 43.4 Å². The number of fused-ring (bicyclic) bond motifs is 1. The largest absolute Gasteiger partial charge is 0.393 e. The summed E-state index contributed by atoms with van der Waals surface area (Å²) in [7, 11) is 0. The molecule has 2 aliphatic rings. The number of aliphatic hydroxyl groups is 2. The molecule has 2 rings (SSSR count). The van der Waals surface area contributed by atoms with Crippen molar-refractivity contribution in [2.45, 2.75) is 52.2 Å². The quantitative estimate of drug-likeness (QED) is 0.635. The van der Waals surface area contributed by atoms with Crippen molar-refractivity contribution in [2.75, 3.05) is 0 Å². The van der Waals surface area contributed by atoms with E-state index < -0.39 is 6.10 Å². The lowest BCUT2D eigenvalue weighted by molar-refractivity contribution is -0.0355. The van der Waals surface area contributed by atoms with Crippen LogP contribution in [-0.2, 0) is 0 Å². The third-order valence-corrected chi connectivity index (χ3v) is 4.76. The third kappa shape index (κ3) is 2.09. The summed E-state index contributed by atoms with van der Waals surface area (Å²) in [5.74, 6) is 0.734. The molecule has 0 aromatic rings. The van der Waals surface area contributed by atoms with Crippen molar-refractivity contribution >= 4 is 0 Å². The molecule has 0 saturated heterocycles.